The molecule has 0 unspecified atom stereocenters. The normalized spacial score (nSPS) is 12.5. The molecule has 13 heavy (non-hydrogen) atoms. The van der Waals surface area contributed by atoms with Crippen LogP contribution in [0.2, 0.25) is 0 Å². The molecular weight excluding hydrogens is 439 g/mol. The molecule has 0 aliphatic carbocycles. The first-order valence-electron chi connectivity index (χ1n) is 4.07. The fourth-order valence-electron chi connectivity index (χ4n) is 1.12. The predicted octanol–water partition coefficient (Wildman–Crippen LogP) is 5.42. The molecule has 0 bridgehead atoms. The molecule has 0 aromatic rings. The molecule has 0 aromatic heterocycles. The molecule has 0 saturated carbocycles. The van der Waals surface area contributed by atoms with Crippen molar-refractivity contribution in [3.8, 4) is 0 Å². The Bertz CT molecular complexity index is 112. The maximum absolute atomic E-state index is 3.27. The molecule has 0 nitrogen and oxygen atoms in total. The van der Waals surface area contributed by atoms with Gasteiger partial charge in [0.2, 0.25) is 0 Å². The molecule has 0 fully saturated rings. The molecular formula is C8H19Br3GeP. The Balaban J connectivity index is 0. The number of halogens is 3. The van der Waals surface area contributed by atoms with Gasteiger partial charge in [-0.05, 0) is 10.3 Å². The summed E-state index contributed by atoms with van der Waals surface area (Å²) in [5.74, 6) is 0. The number of hydrogen-bond acceptors (Lipinski definition) is 0. The second kappa shape index (κ2) is 7.65. The van der Waals surface area contributed by atoms with Crippen LogP contribution >= 0.6 is 50.6 Å². The van der Waals surface area contributed by atoms with Gasteiger partial charge in [-0.15, -0.1) is 8.58 Å². The quantitative estimate of drug-likeness (QED) is 0.336. The maximum atomic E-state index is 3.27. The Morgan fingerprint density at radius 3 is 0.923 bits per heavy atom. The molecule has 0 spiro atoms. The van der Waals surface area contributed by atoms with Crippen molar-refractivity contribution in [1.82, 2.24) is 0 Å². The molecule has 0 amide bonds. The minimum absolute atomic E-state index is 0.512. The Morgan fingerprint density at radius 1 is 0.769 bits per heavy atom. The van der Waals surface area contributed by atoms with Crippen LogP contribution in [0.25, 0.3) is 0 Å². The van der Waals surface area contributed by atoms with Crippen molar-refractivity contribution in [3.05, 3.63) is 0 Å². The Labute approximate surface area is 110 Å². The topological polar surface area (TPSA) is 0 Å². The summed E-state index contributed by atoms with van der Waals surface area (Å²) in [6.07, 6.45) is 0. The van der Waals surface area contributed by atoms with E-state index < -0.39 is 8.82 Å². The van der Waals surface area contributed by atoms with Gasteiger partial charge in [-0.1, -0.05) is 41.5 Å². The van der Waals surface area contributed by atoms with Gasteiger partial charge in [0.05, 0.1) is 0 Å². The SMILES string of the molecule is CC(C)(C)PC(C)(C)C.[Br][Ge]([Br])[Br]. The molecule has 0 heterocycles. The van der Waals surface area contributed by atoms with Crippen LogP contribution in [0.3, 0.4) is 0 Å². The van der Waals surface area contributed by atoms with Gasteiger partial charge in [0.15, 0.2) is 0 Å². The van der Waals surface area contributed by atoms with Gasteiger partial charge in [0, 0.05) is 0 Å². The van der Waals surface area contributed by atoms with Crippen molar-refractivity contribution in [2.75, 3.05) is 0 Å². The third-order valence-corrected chi connectivity index (χ3v) is 2.25. The van der Waals surface area contributed by atoms with Crippen LogP contribution in [-0.4, -0.2) is 19.1 Å². The molecule has 0 aliphatic heterocycles. The summed E-state index contributed by atoms with van der Waals surface area (Å²) in [5.41, 5.74) is 0. The van der Waals surface area contributed by atoms with Gasteiger partial charge in [-0.3, -0.25) is 0 Å². The molecule has 0 aliphatic rings. The van der Waals surface area contributed by atoms with Gasteiger partial charge < -0.3 is 0 Å². The molecule has 81 valence electrons. The van der Waals surface area contributed by atoms with Crippen LogP contribution in [0.5, 0.6) is 0 Å². The molecule has 5 heteroatoms. The summed E-state index contributed by atoms with van der Waals surface area (Å²) in [4.78, 5) is 0. The van der Waals surface area contributed by atoms with Crippen LogP contribution in [0, 0.1) is 0 Å². The fraction of sp³-hybridized carbons (Fsp3) is 1.00. The van der Waals surface area contributed by atoms with Gasteiger partial charge in [0.1, 0.15) is 0 Å². The van der Waals surface area contributed by atoms with Crippen molar-refractivity contribution in [2.24, 2.45) is 0 Å². The van der Waals surface area contributed by atoms with E-state index >= 15 is 0 Å². The Kier molecular flexibility index (Phi) is 10.5. The van der Waals surface area contributed by atoms with Crippen molar-refractivity contribution < 1.29 is 0 Å². The predicted molar refractivity (Wildman–Crippen MR) is 80.4 cm³/mol. The van der Waals surface area contributed by atoms with E-state index in [1.807, 2.05) is 0 Å². The van der Waals surface area contributed by atoms with Gasteiger partial charge >= 0.3 is 50.8 Å². The molecule has 0 N–H and O–H groups in total. The van der Waals surface area contributed by atoms with Crippen LogP contribution in [-0.2, 0) is 0 Å². The molecule has 0 atom stereocenters. The van der Waals surface area contributed by atoms with Crippen molar-refractivity contribution in [3.63, 3.8) is 0 Å². The van der Waals surface area contributed by atoms with Crippen LogP contribution < -0.4 is 0 Å². The van der Waals surface area contributed by atoms with E-state index in [2.05, 4.69) is 83.6 Å². The van der Waals surface area contributed by atoms with Crippen LogP contribution in [0.15, 0.2) is 0 Å². The summed E-state index contributed by atoms with van der Waals surface area (Å²) in [5, 5.41) is 1.02. The van der Waals surface area contributed by atoms with E-state index in [1.165, 1.54) is 0 Å². The average Bonchev–Trinajstić information content (AvgIpc) is 1.47. The summed E-state index contributed by atoms with van der Waals surface area (Å²) in [7, 11) is 0.155. The van der Waals surface area contributed by atoms with E-state index in [0.717, 1.165) is 8.58 Å². The monoisotopic (exact) mass is 457 g/mol. The van der Waals surface area contributed by atoms with E-state index in [0.29, 0.717) is 10.3 Å². The van der Waals surface area contributed by atoms with E-state index in [-0.39, 0.29) is 0 Å². The zero-order valence-corrected chi connectivity index (χ0v) is 17.0. The number of rotatable bonds is 0. The summed E-state index contributed by atoms with van der Waals surface area (Å²) < 4.78 is 0. The zero-order chi connectivity index (χ0) is 11.3. The zero-order valence-electron chi connectivity index (χ0n) is 9.13. The molecule has 0 aromatic carbocycles. The molecule has 0 saturated heterocycles. The van der Waals surface area contributed by atoms with Crippen LogP contribution in [0.4, 0.5) is 0 Å². The van der Waals surface area contributed by atoms with Crippen molar-refractivity contribution in [1.29, 1.82) is 0 Å². The van der Waals surface area contributed by atoms with Gasteiger partial charge in [0.25, 0.3) is 0 Å². The van der Waals surface area contributed by atoms with Crippen molar-refractivity contribution >= 4 is 59.4 Å². The molecule has 1 radical (unpaired) electrons. The Hall–Kier alpha value is 2.41. The third kappa shape index (κ3) is 31.4. The van der Waals surface area contributed by atoms with E-state index in [4.69, 9.17) is 0 Å². The summed E-state index contributed by atoms with van der Waals surface area (Å²) >= 11 is 9.81. The average molecular weight is 459 g/mol. The van der Waals surface area contributed by atoms with Crippen molar-refractivity contribution in [2.45, 2.75) is 51.9 Å². The molecule has 0 rings (SSSR count). The summed E-state index contributed by atoms with van der Waals surface area (Å²) in [6.45, 7) is 13.8. The Morgan fingerprint density at radius 2 is 0.923 bits per heavy atom. The van der Waals surface area contributed by atoms with Gasteiger partial charge in [-0.25, -0.2) is 0 Å². The first kappa shape index (κ1) is 17.8. The second-order valence-corrected chi connectivity index (χ2v) is 37.9. The standard InChI is InChI=1S/C8H19P.Br3Ge/c1-7(2,3)9-8(4,5)6;1-4(2)3/h9H,1-6H3;. The van der Waals surface area contributed by atoms with E-state index in [1.54, 1.807) is 0 Å². The third-order valence-electron chi connectivity index (χ3n) is 0.750. The summed E-state index contributed by atoms with van der Waals surface area (Å²) in [6, 6.07) is 0. The first-order valence-corrected chi connectivity index (χ1v) is 19.8. The first-order chi connectivity index (χ1) is 5.44. The second-order valence-electron chi connectivity index (χ2n) is 4.84. The van der Waals surface area contributed by atoms with E-state index in [9.17, 15) is 0 Å². The minimum atomic E-state index is -0.896. The van der Waals surface area contributed by atoms with Crippen LogP contribution in [0.1, 0.15) is 41.5 Å². The number of hydrogen-bond donors (Lipinski definition) is 0. The fourth-order valence-corrected chi connectivity index (χ4v) is 3.38. The van der Waals surface area contributed by atoms with Gasteiger partial charge in [-0.2, -0.15) is 0 Å².